The van der Waals surface area contributed by atoms with Gasteiger partial charge < -0.3 is 15.5 Å². The smallest absolute Gasteiger partial charge is 0.357 e. The number of aromatic nitrogens is 3. The highest BCUT2D eigenvalue weighted by atomic mass is 35.5. The molecular formula is C24H24ClF3N6O. The number of hydrogen-bond donors (Lipinski definition) is 2. The topological polar surface area (TPSA) is 83.0 Å². The number of alkyl halides is 3. The van der Waals surface area contributed by atoms with Gasteiger partial charge in [-0.3, -0.25) is 4.79 Å². The van der Waals surface area contributed by atoms with Gasteiger partial charge in [0.25, 0.3) is 0 Å². The van der Waals surface area contributed by atoms with Crippen molar-refractivity contribution in [3.05, 3.63) is 64.7 Å². The van der Waals surface area contributed by atoms with Crippen molar-refractivity contribution in [2.75, 3.05) is 30.4 Å². The summed E-state index contributed by atoms with van der Waals surface area (Å²) in [6.07, 6.45) is -3.41. The van der Waals surface area contributed by atoms with Crippen LogP contribution in [0.2, 0.25) is 5.02 Å². The number of nitrogens with zero attached hydrogens (tertiary/aromatic N) is 4. The van der Waals surface area contributed by atoms with E-state index in [2.05, 4.69) is 25.6 Å². The maximum atomic E-state index is 13.2. The third-order valence-electron chi connectivity index (χ3n) is 5.85. The van der Waals surface area contributed by atoms with E-state index in [4.69, 9.17) is 11.6 Å². The van der Waals surface area contributed by atoms with Gasteiger partial charge in [-0.1, -0.05) is 41.9 Å². The molecule has 35 heavy (non-hydrogen) atoms. The minimum atomic E-state index is -4.46. The van der Waals surface area contributed by atoms with Crippen molar-refractivity contribution in [1.29, 1.82) is 0 Å². The van der Waals surface area contributed by atoms with Crippen LogP contribution in [0.25, 0.3) is 11.4 Å². The molecule has 1 fully saturated rings. The van der Waals surface area contributed by atoms with E-state index in [0.717, 1.165) is 11.6 Å². The monoisotopic (exact) mass is 504 g/mol. The second-order valence-corrected chi connectivity index (χ2v) is 8.61. The van der Waals surface area contributed by atoms with Crippen LogP contribution in [0, 0.1) is 5.92 Å². The normalized spacial score (nSPS) is 14.6. The average molecular weight is 505 g/mol. The van der Waals surface area contributed by atoms with Crippen LogP contribution in [-0.4, -0.2) is 41.0 Å². The molecule has 2 N–H and O–H groups in total. The van der Waals surface area contributed by atoms with Gasteiger partial charge in [0.2, 0.25) is 17.8 Å². The van der Waals surface area contributed by atoms with Gasteiger partial charge in [0.15, 0.2) is 5.82 Å². The molecule has 2 aromatic carbocycles. The first-order chi connectivity index (χ1) is 16.7. The Hall–Kier alpha value is -3.40. The fourth-order valence-electron chi connectivity index (χ4n) is 3.99. The summed E-state index contributed by atoms with van der Waals surface area (Å²) in [6.45, 7) is 0.884. The Morgan fingerprint density at radius 1 is 1.09 bits per heavy atom. The molecule has 184 valence electrons. The lowest BCUT2D eigenvalue weighted by Crippen LogP contribution is -2.41. The fraction of sp³-hybridized carbons (Fsp3) is 0.333. The van der Waals surface area contributed by atoms with Crippen LogP contribution in [-0.2, 0) is 17.5 Å². The molecule has 1 aromatic heterocycles. The highest BCUT2D eigenvalue weighted by Crippen LogP contribution is 2.32. The number of nitrogens with one attached hydrogen (secondary N) is 2. The number of carbonyl (C=O) groups excluding carboxylic acids is 1. The van der Waals surface area contributed by atoms with Crippen LogP contribution in [0.1, 0.15) is 24.0 Å². The summed E-state index contributed by atoms with van der Waals surface area (Å²) in [5, 5.41) is 6.18. The van der Waals surface area contributed by atoms with Crippen LogP contribution >= 0.6 is 11.6 Å². The Morgan fingerprint density at radius 3 is 2.51 bits per heavy atom. The molecule has 0 unspecified atom stereocenters. The van der Waals surface area contributed by atoms with E-state index < -0.39 is 11.7 Å². The van der Waals surface area contributed by atoms with Crippen molar-refractivity contribution in [3.63, 3.8) is 0 Å². The lowest BCUT2D eigenvalue weighted by Gasteiger charge is -2.31. The highest BCUT2D eigenvalue weighted by molar-refractivity contribution is 6.30. The number of halogens is 4. The van der Waals surface area contributed by atoms with Crippen LogP contribution in [0.5, 0.6) is 0 Å². The molecule has 7 nitrogen and oxygen atoms in total. The Labute approximate surface area is 205 Å². The summed E-state index contributed by atoms with van der Waals surface area (Å²) in [5.74, 6) is 0.811. The highest BCUT2D eigenvalue weighted by Gasteiger charge is 2.33. The minimum absolute atomic E-state index is 0.0455. The maximum Gasteiger partial charge on any atom is 0.416 e. The zero-order valence-electron chi connectivity index (χ0n) is 18.9. The molecular weight excluding hydrogens is 481 g/mol. The van der Waals surface area contributed by atoms with Crippen molar-refractivity contribution < 1.29 is 18.0 Å². The summed E-state index contributed by atoms with van der Waals surface area (Å²) in [4.78, 5) is 28.1. The first kappa shape index (κ1) is 24.7. The summed E-state index contributed by atoms with van der Waals surface area (Å²) >= 11 is 6.11. The number of hydrogen-bond acceptors (Lipinski definition) is 6. The van der Waals surface area contributed by atoms with Gasteiger partial charge in [0, 0.05) is 43.2 Å². The molecule has 0 bridgehead atoms. The van der Waals surface area contributed by atoms with E-state index in [-0.39, 0.29) is 23.9 Å². The number of amides is 1. The summed E-state index contributed by atoms with van der Waals surface area (Å²) in [6, 6.07) is 12.5. The van der Waals surface area contributed by atoms with Gasteiger partial charge in [-0.15, -0.1) is 0 Å². The van der Waals surface area contributed by atoms with Crippen LogP contribution in [0.4, 0.5) is 25.1 Å². The molecule has 0 aliphatic carbocycles. The Kier molecular flexibility index (Phi) is 7.39. The molecule has 1 aliphatic heterocycles. The molecule has 0 radical (unpaired) electrons. The van der Waals surface area contributed by atoms with Crippen molar-refractivity contribution in [3.8, 4) is 11.4 Å². The van der Waals surface area contributed by atoms with Crippen molar-refractivity contribution >= 4 is 29.4 Å². The molecule has 1 amide bonds. The summed E-state index contributed by atoms with van der Waals surface area (Å²) in [5.41, 5.74) is 0.0657. The quantitative estimate of drug-likeness (QED) is 0.502. The van der Waals surface area contributed by atoms with Crippen molar-refractivity contribution in [1.82, 2.24) is 20.3 Å². The van der Waals surface area contributed by atoms with Gasteiger partial charge in [-0.2, -0.15) is 28.1 Å². The lowest BCUT2D eigenvalue weighted by molar-refractivity contribution is -0.138. The molecule has 0 saturated carbocycles. The van der Waals surface area contributed by atoms with E-state index in [1.807, 2.05) is 17.0 Å². The summed E-state index contributed by atoms with van der Waals surface area (Å²) in [7, 11) is 1.72. The van der Waals surface area contributed by atoms with Crippen molar-refractivity contribution in [2.45, 2.75) is 25.6 Å². The number of rotatable bonds is 6. The van der Waals surface area contributed by atoms with Gasteiger partial charge in [-0.25, -0.2) is 0 Å². The zero-order chi connectivity index (χ0) is 25.0. The molecule has 2 heterocycles. The van der Waals surface area contributed by atoms with E-state index >= 15 is 0 Å². The van der Waals surface area contributed by atoms with Crippen molar-refractivity contribution in [2.24, 2.45) is 5.92 Å². The molecule has 1 aliphatic rings. The van der Waals surface area contributed by atoms with Crippen LogP contribution < -0.4 is 15.5 Å². The second-order valence-electron chi connectivity index (χ2n) is 8.18. The molecule has 0 atom stereocenters. The Bertz CT molecular complexity index is 1200. The maximum absolute atomic E-state index is 13.2. The Morgan fingerprint density at radius 2 is 1.83 bits per heavy atom. The largest absolute Gasteiger partial charge is 0.416 e. The first-order valence-corrected chi connectivity index (χ1v) is 11.5. The SMILES string of the molecule is CNc1nc(-c2cccc(Cl)c2)nc(N2CCC(C(=O)NCc3ccccc3C(F)(F)F)CC2)n1. The third-order valence-corrected chi connectivity index (χ3v) is 6.09. The minimum Gasteiger partial charge on any atom is -0.357 e. The number of anilines is 2. The van der Waals surface area contributed by atoms with E-state index in [0.29, 0.717) is 48.7 Å². The fourth-order valence-corrected chi connectivity index (χ4v) is 4.18. The molecule has 11 heteroatoms. The molecule has 3 aromatic rings. The van der Waals surface area contributed by atoms with Gasteiger partial charge in [-0.05, 0) is 36.6 Å². The van der Waals surface area contributed by atoms with E-state index in [9.17, 15) is 18.0 Å². The lowest BCUT2D eigenvalue weighted by atomic mass is 9.96. The first-order valence-electron chi connectivity index (χ1n) is 11.1. The van der Waals surface area contributed by atoms with Crippen LogP contribution in [0.3, 0.4) is 0 Å². The summed E-state index contributed by atoms with van der Waals surface area (Å²) < 4.78 is 39.6. The van der Waals surface area contributed by atoms with Gasteiger partial charge >= 0.3 is 6.18 Å². The molecule has 4 rings (SSSR count). The predicted octanol–water partition coefficient (Wildman–Crippen LogP) is 4.79. The Balaban J connectivity index is 1.40. The third kappa shape index (κ3) is 6.00. The molecule has 1 saturated heterocycles. The van der Waals surface area contributed by atoms with E-state index in [1.54, 1.807) is 19.2 Å². The van der Waals surface area contributed by atoms with E-state index in [1.165, 1.54) is 18.2 Å². The predicted molar refractivity (Wildman–Crippen MR) is 128 cm³/mol. The standard InChI is InChI=1S/C24H24ClF3N6O/c1-29-22-31-20(16-6-4-7-18(25)13-16)32-23(33-22)34-11-9-15(10-12-34)21(35)30-14-17-5-2-3-8-19(17)24(26,27)28/h2-8,13,15H,9-12,14H2,1H3,(H,30,35)(H,29,31,32,33). The second kappa shape index (κ2) is 10.5. The zero-order valence-corrected chi connectivity index (χ0v) is 19.7. The number of carbonyl (C=O) groups is 1. The van der Waals surface area contributed by atoms with Gasteiger partial charge in [0.05, 0.1) is 5.56 Å². The van der Waals surface area contributed by atoms with Gasteiger partial charge in [0.1, 0.15) is 0 Å². The molecule has 0 spiro atoms. The van der Waals surface area contributed by atoms with Crippen LogP contribution in [0.15, 0.2) is 48.5 Å². The number of piperidine rings is 1. The number of benzene rings is 2. The average Bonchev–Trinajstić information content (AvgIpc) is 2.86.